The lowest BCUT2D eigenvalue weighted by Crippen LogP contribution is -2.18. The number of rotatable bonds is 8. The van der Waals surface area contributed by atoms with Gasteiger partial charge < -0.3 is 20.1 Å². The zero-order valence-corrected chi connectivity index (χ0v) is 15.4. The molecule has 2 rings (SSSR count). The van der Waals surface area contributed by atoms with Gasteiger partial charge in [-0.25, -0.2) is 4.79 Å². The molecule has 0 fully saturated rings. The fourth-order valence-corrected chi connectivity index (χ4v) is 2.50. The van der Waals surface area contributed by atoms with Crippen LogP contribution in [0.1, 0.15) is 23.7 Å². The van der Waals surface area contributed by atoms with Crippen LogP contribution < -0.4 is 15.4 Å². The van der Waals surface area contributed by atoms with Crippen LogP contribution in [0, 0.1) is 0 Å². The van der Waals surface area contributed by atoms with Crippen LogP contribution in [0.2, 0.25) is 5.02 Å². The van der Waals surface area contributed by atoms with Crippen LogP contribution in [0.4, 0.5) is 11.4 Å². The summed E-state index contributed by atoms with van der Waals surface area (Å²) in [5.41, 5.74) is 1.57. The first-order chi connectivity index (χ1) is 12.5. The number of esters is 1. The van der Waals surface area contributed by atoms with Gasteiger partial charge in [-0.15, -0.1) is 0 Å². The van der Waals surface area contributed by atoms with E-state index in [2.05, 4.69) is 10.6 Å². The predicted molar refractivity (Wildman–Crippen MR) is 102 cm³/mol. The molecule has 0 radical (unpaired) electrons. The van der Waals surface area contributed by atoms with Crippen LogP contribution in [0.15, 0.2) is 42.5 Å². The van der Waals surface area contributed by atoms with Crippen molar-refractivity contribution in [3.05, 3.63) is 53.1 Å². The lowest BCUT2D eigenvalue weighted by Gasteiger charge is -2.12. The van der Waals surface area contributed by atoms with Gasteiger partial charge in [-0.2, -0.15) is 0 Å². The number of benzene rings is 2. The molecule has 0 aliphatic rings. The standard InChI is InChI=1S/C19H21ClN2O4/c1-3-26-19(24)14-6-4-5-7-15(14)21-11-10-18(23)22-16-12-13(20)8-9-17(16)25-2/h4-9,12,21H,3,10-11H2,1-2H3,(H,22,23). The van der Waals surface area contributed by atoms with Crippen molar-refractivity contribution in [2.75, 3.05) is 30.9 Å². The molecule has 0 aliphatic heterocycles. The number of anilines is 2. The SMILES string of the molecule is CCOC(=O)c1ccccc1NCCC(=O)Nc1cc(Cl)ccc1OC. The average Bonchev–Trinajstić information content (AvgIpc) is 2.62. The molecule has 138 valence electrons. The number of halogens is 1. The largest absolute Gasteiger partial charge is 0.495 e. The minimum atomic E-state index is -0.399. The molecule has 0 aliphatic carbocycles. The second-order valence-corrected chi connectivity index (χ2v) is 5.77. The molecule has 0 saturated heterocycles. The highest BCUT2D eigenvalue weighted by Crippen LogP contribution is 2.27. The number of amides is 1. The zero-order valence-electron chi connectivity index (χ0n) is 14.7. The Kier molecular flexibility index (Phi) is 7.29. The Morgan fingerprint density at radius 1 is 1.12 bits per heavy atom. The monoisotopic (exact) mass is 376 g/mol. The van der Waals surface area contributed by atoms with E-state index in [1.807, 2.05) is 6.07 Å². The van der Waals surface area contributed by atoms with Crippen LogP contribution in [-0.2, 0) is 9.53 Å². The van der Waals surface area contributed by atoms with E-state index in [4.69, 9.17) is 21.1 Å². The molecule has 26 heavy (non-hydrogen) atoms. The molecule has 0 atom stereocenters. The molecule has 2 aromatic carbocycles. The summed E-state index contributed by atoms with van der Waals surface area (Å²) >= 11 is 5.95. The fourth-order valence-electron chi connectivity index (χ4n) is 2.33. The van der Waals surface area contributed by atoms with E-state index in [-0.39, 0.29) is 12.3 Å². The minimum absolute atomic E-state index is 0.201. The number of nitrogens with one attached hydrogen (secondary N) is 2. The van der Waals surface area contributed by atoms with Crippen molar-refractivity contribution in [3.8, 4) is 5.75 Å². The first-order valence-corrected chi connectivity index (χ1v) is 8.56. The van der Waals surface area contributed by atoms with Gasteiger partial charge in [0.2, 0.25) is 5.91 Å². The molecule has 0 unspecified atom stereocenters. The number of carbonyl (C=O) groups is 2. The molecule has 0 bridgehead atoms. The number of carbonyl (C=O) groups excluding carboxylic acids is 2. The summed E-state index contributed by atoms with van der Waals surface area (Å²) < 4.78 is 10.2. The van der Waals surface area contributed by atoms with Crippen LogP contribution in [-0.4, -0.2) is 32.1 Å². The number of hydrogen-bond acceptors (Lipinski definition) is 5. The number of para-hydroxylation sites is 1. The van der Waals surface area contributed by atoms with E-state index in [1.165, 1.54) is 7.11 Å². The number of hydrogen-bond donors (Lipinski definition) is 2. The van der Waals surface area contributed by atoms with E-state index in [0.29, 0.717) is 40.9 Å². The molecule has 2 aromatic rings. The van der Waals surface area contributed by atoms with Crippen molar-refractivity contribution in [2.45, 2.75) is 13.3 Å². The Balaban J connectivity index is 1.93. The summed E-state index contributed by atoms with van der Waals surface area (Å²) in [6, 6.07) is 12.0. The smallest absolute Gasteiger partial charge is 0.340 e. The van der Waals surface area contributed by atoms with Gasteiger partial charge in [0.25, 0.3) is 0 Å². The first kappa shape index (κ1) is 19.6. The summed E-state index contributed by atoms with van der Waals surface area (Å²) in [5, 5.41) is 6.36. The van der Waals surface area contributed by atoms with Gasteiger partial charge in [0, 0.05) is 23.7 Å². The molecule has 7 heteroatoms. The van der Waals surface area contributed by atoms with Gasteiger partial charge >= 0.3 is 5.97 Å². The molecule has 1 amide bonds. The van der Waals surface area contributed by atoms with Crippen LogP contribution in [0.5, 0.6) is 5.75 Å². The molecule has 0 spiro atoms. The second-order valence-electron chi connectivity index (χ2n) is 5.34. The van der Waals surface area contributed by atoms with Gasteiger partial charge in [-0.3, -0.25) is 4.79 Å². The molecule has 0 saturated carbocycles. The van der Waals surface area contributed by atoms with Gasteiger partial charge in [-0.1, -0.05) is 23.7 Å². The lowest BCUT2D eigenvalue weighted by molar-refractivity contribution is -0.116. The topological polar surface area (TPSA) is 76.7 Å². The Labute approximate surface area is 157 Å². The molecule has 0 aromatic heterocycles. The summed E-state index contributed by atoms with van der Waals surface area (Å²) in [4.78, 5) is 24.1. The average molecular weight is 377 g/mol. The van der Waals surface area contributed by atoms with Gasteiger partial charge in [-0.05, 0) is 37.3 Å². The third-order valence-corrected chi connectivity index (χ3v) is 3.76. The second kappa shape index (κ2) is 9.68. The lowest BCUT2D eigenvalue weighted by atomic mass is 10.1. The predicted octanol–water partition coefficient (Wildman–Crippen LogP) is 3.97. The van der Waals surface area contributed by atoms with E-state index >= 15 is 0 Å². The highest BCUT2D eigenvalue weighted by molar-refractivity contribution is 6.31. The van der Waals surface area contributed by atoms with Crippen molar-refractivity contribution in [1.82, 2.24) is 0 Å². The maximum atomic E-state index is 12.2. The maximum Gasteiger partial charge on any atom is 0.340 e. The summed E-state index contributed by atoms with van der Waals surface area (Å²) in [7, 11) is 1.52. The molecular weight excluding hydrogens is 356 g/mol. The highest BCUT2D eigenvalue weighted by Gasteiger charge is 2.12. The number of methoxy groups -OCH3 is 1. The Bertz CT molecular complexity index is 780. The third kappa shape index (κ3) is 5.39. The van der Waals surface area contributed by atoms with Crippen LogP contribution >= 0.6 is 11.6 Å². The Morgan fingerprint density at radius 3 is 2.62 bits per heavy atom. The van der Waals surface area contributed by atoms with E-state index in [1.54, 1.807) is 43.3 Å². The summed E-state index contributed by atoms with van der Waals surface area (Å²) in [6.07, 6.45) is 0.201. The molecule has 2 N–H and O–H groups in total. The van der Waals surface area contributed by atoms with Crippen LogP contribution in [0.25, 0.3) is 0 Å². The summed E-state index contributed by atoms with van der Waals surface area (Å²) in [5.74, 6) is -0.0706. The molecule has 6 nitrogen and oxygen atoms in total. The van der Waals surface area contributed by atoms with Crippen molar-refractivity contribution < 1.29 is 19.1 Å². The van der Waals surface area contributed by atoms with E-state index in [0.717, 1.165) is 0 Å². The van der Waals surface area contributed by atoms with Crippen molar-refractivity contribution in [2.24, 2.45) is 0 Å². The zero-order chi connectivity index (χ0) is 18.9. The fraction of sp³-hybridized carbons (Fsp3) is 0.263. The van der Waals surface area contributed by atoms with Crippen molar-refractivity contribution in [1.29, 1.82) is 0 Å². The minimum Gasteiger partial charge on any atom is -0.495 e. The van der Waals surface area contributed by atoms with E-state index in [9.17, 15) is 9.59 Å². The first-order valence-electron chi connectivity index (χ1n) is 8.18. The quantitative estimate of drug-likeness (QED) is 0.682. The summed E-state index contributed by atoms with van der Waals surface area (Å²) in [6.45, 7) is 2.41. The third-order valence-electron chi connectivity index (χ3n) is 3.53. The van der Waals surface area contributed by atoms with E-state index < -0.39 is 5.97 Å². The number of ether oxygens (including phenoxy) is 2. The Morgan fingerprint density at radius 2 is 1.88 bits per heavy atom. The highest BCUT2D eigenvalue weighted by atomic mass is 35.5. The van der Waals surface area contributed by atoms with Gasteiger partial charge in [0.05, 0.1) is 25.0 Å². The molecule has 0 heterocycles. The maximum absolute atomic E-state index is 12.2. The van der Waals surface area contributed by atoms with Crippen molar-refractivity contribution in [3.63, 3.8) is 0 Å². The van der Waals surface area contributed by atoms with Gasteiger partial charge in [0.15, 0.2) is 0 Å². The van der Waals surface area contributed by atoms with Crippen molar-refractivity contribution >= 4 is 34.9 Å². The van der Waals surface area contributed by atoms with Gasteiger partial charge in [0.1, 0.15) is 5.75 Å². The Hall–Kier alpha value is -2.73. The molecular formula is C19H21ClN2O4. The normalized spacial score (nSPS) is 10.1. The van der Waals surface area contributed by atoms with Crippen LogP contribution in [0.3, 0.4) is 0 Å².